The standard InChI is InChI=1S/C17H24ClNO/c1-4-6-7-14(5-2)10-11-19-13-15-12-16(18)8-9-17(15)20-3/h4,6-9,12,19H,5,10-11,13H2,1-3H3/b6-4-,14-7+. The van der Waals surface area contributed by atoms with Crippen molar-refractivity contribution in [2.45, 2.75) is 33.2 Å². The van der Waals surface area contributed by atoms with Gasteiger partial charge in [0, 0.05) is 17.1 Å². The van der Waals surface area contributed by atoms with Crippen LogP contribution in [0.5, 0.6) is 5.75 Å². The third kappa shape index (κ3) is 5.81. The molecule has 0 aliphatic heterocycles. The summed E-state index contributed by atoms with van der Waals surface area (Å²) in [6.45, 7) is 5.94. The van der Waals surface area contributed by atoms with Gasteiger partial charge < -0.3 is 10.1 Å². The summed E-state index contributed by atoms with van der Waals surface area (Å²) in [5.74, 6) is 0.877. The van der Waals surface area contributed by atoms with Crippen molar-refractivity contribution in [3.8, 4) is 5.75 Å². The maximum atomic E-state index is 6.02. The van der Waals surface area contributed by atoms with Crippen molar-refractivity contribution in [2.75, 3.05) is 13.7 Å². The molecule has 110 valence electrons. The molecule has 0 unspecified atom stereocenters. The topological polar surface area (TPSA) is 21.3 Å². The highest BCUT2D eigenvalue weighted by Gasteiger charge is 2.03. The Morgan fingerprint density at radius 3 is 2.85 bits per heavy atom. The molecule has 1 aromatic rings. The Kier molecular flexibility index (Phi) is 8.08. The molecule has 0 saturated heterocycles. The van der Waals surface area contributed by atoms with Gasteiger partial charge in [0.2, 0.25) is 0 Å². The SMILES string of the molecule is C/C=C\C=C(/CC)CCNCc1cc(Cl)ccc1OC. The van der Waals surface area contributed by atoms with Crippen LogP contribution in [0.25, 0.3) is 0 Å². The van der Waals surface area contributed by atoms with Gasteiger partial charge in [-0.2, -0.15) is 0 Å². The van der Waals surface area contributed by atoms with Crippen LogP contribution in [0.15, 0.2) is 42.0 Å². The number of hydrogen-bond acceptors (Lipinski definition) is 2. The third-order valence-electron chi connectivity index (χ3n) is 3.16. The summed E-state index contributed by atoms with van der Waals surface area (Å²) in [5.41, 5.74) is 2.55. The Bertz CT molecular complexity index is 466. The van der Waals surface area contributed by atoms with E-state index in [0.29, 0.717) is 0 Å². The van der Waals surface area contributed by atoms with Crippen molar-refractivity contribution in [1.29, 1.82) is 0 Å². The van der Waals surface area contributed by atoms with Gasteiger partial charge in [0.25, 0.3) is 0 Å². The van der Waals surface area contributed by atoms with Crippen LogP contribution in [0, 0.1) is 0 Å². The number of halogens is 1. The van der Waals surface area contributed by atoms with Gasteiger partial charge in [-0.1, -0.05) is 42.3 Å². The Morgan fingerprint density at radius 1 is 1.40 bits per heavy atom. The summed E-state index contributed by atoms with van der Waals surface area (Å²) in [5, 5.41) is 4.18. The fourth-order valence-corrected chi connectivity index (χ4v) is 2.16. The van der Waals surface area contributed by atoms with Crippen LogP contribution in [0.3, 0.4) is 0 Å². The summed E-state index contributed by atoms with van der Waals surface area (Å²) in [4.78, 5) is 0. The zero-order valence-electron chi connectivity index (χ0n) is 12.6. The smallest absolute Gasteiger partial charge is 0.123 e. The number of allylic oxidation sites excluding steroid dienone is 3. The van der Waals surface area contributed by atoms with Gasteiger partial charge in [-0.05, 0) is 44.5 Å². The highest BCUT2D eigenvalue weighted by atomic mass is 35.5. The molecule has 0 atom stereocenters. The first kappa shape index (κ1) is 16.8. The molecule has 0 aromatic heterocycles. The lowest BCUT2D eigenvalue weighted by Gasteiger charge is -2.10. The third-order valence-corrected chi connectivity index (χ3v) is 3.39. The molecule has 0 bridgehead atoms. The van der Waals surface area contributed by atoms with Gasteiger partial charge in [0.05, 0.1) is 7.11 Å². The number of ether oxygens (including phenoxy) is 1. The highest BCUT2D eigenvalue weighted by Crippen LogP contribution is 2.22. The van der Waals surface area contributed by atoms with E-state index >= 15 is 0 Å². The Morgan fingerprint density at radius 2 is 2.20 bits per heavy atom. The first-order valence-electron chi connectivity index (χ1n) is 7.05. The molecule has 0 aliphatic carbocycles. The van der Waals surface area contributed by atoms with Crippen LogP contribution in [-0.2, 0) is 6.54 Å². The van der Waals surface area contributed by atoms with Crippen molar-refractivity contribution in [3.05, 3.63) is 52.6 Å². The van der Waals surface area contributed by atoms with Crippen molar-refractivity contribution in [3.63, 3.8) is 0 Å². The maximum absolute atomic E-state index is 6.02. The van der Waals surface area contributed by atoms with Crippen molar-refractivity contribution in [1.82, 2.24) is 5.32 Å². The molecule has 0 radical (unpaired) electrons. The second-order valence-electron chi connectivity index (χ2n) is 4.59. The second kappa shape index (κ2) is 9.62. The van der Waals surface area contributed by atoms with E-state index in [1.54, 1.807) is 7.11 Å². The van der Waals surface area contributed by atoms with Crippen molar-refractivity contribution >= 4 is 11.6 Å². The van der Waals surface area contributed by atoms with Crippen molar-refractivity contribution in [2.24, 2.45) is 0 Å². The fraction of sp³-hybridized carbons (Fsp3) is 0.412. The summed E-state index contributed by atoms with van der Waals surface area (Å²) in [6.07, 6.45) is 8.50. The summed E-state index contributed by atoms with van der Waals surface area (Å²) >= 11 is 6.02. The predicted molar refractivity (Wildman–Crippen MR) is 87.5 cm³/mol. The van der Waals surface area contributed by atoms with Gasteiger partial charge >= 0.3 is 0 Å². The average Bonchev–Trinajstić information content (AvgIpc) is 2.46. The zero-order chi connectivity index (χ0) is 14.8. The predicted octanol–water partition coefficient (Wildman–Crippen LogP) is 4.74. The lowest BCUT2D eigenvalue weighted by Crippen LogP contribution is -2.15. The van der Waals surface area contributed by atoms with Gasteiger partial charge in [0.15, 0.2) is 0 Å². The van der Waals surface area contributed by atoms with Crippen LogP contribution < -0.4 is 10.1 Å². The van der Waals surface area contributed by atoms with E-state index in [9.17, 15) is 0 Å². The lowest BCUT2D eigenvalue weighted by molar-refractivity contribution is 0.408. The first-order chi connectivity index (χ1) is 9.71. The number of nitrogens with one attached hydrogen (secondary N) is 1. The highest BCUT2D eigenvalue weighted by molar-refractivity contribution is 6.30. The molecule has 0 saturated carbocycles. The number of benzene rings is 1. The molecule has 20 heavy (non-hydrogen) atoms. The monoisotopic (exact) mass is 293 g/mol. The van der Waals surface area contributed by atoms with Crippen LogP contribution in [-0.4, -0.2) is 13.7 Å². The van der Waals surface area contributed by atoms with Crippen LogP contribution in [0.2, 0.25) is 5.02 Å². The molecule has 0 fully saturated rings. The molecule has 1 N–H and O–H groups in total. The van der Waals surface area contributed by atoms with Crippen LogP contribution in [0.1, 0.15) is 32.3 Å². The molecule has 0 amide bonds. The maximum Gasteiger partial charge on any atom is 0.123 e. The summed E-state index contributed by atoms with van der Waals surface area (Å²) in [7, 11) is 1.68. The second-order valence-corrected chi connectivity index (χ2v) is 5.02. The quantitative estimate of drug-likeness (QED) is 0.552. The minimum Gasteiger partial charge on any atom is -0.496 e. The number of methoxy groups -OCH3 is 1. The van der Waals surface area contributed by atoms with E-state index in [0.717, 1.165) is 42.3 Å². The number of hydrogen-bond donors (Lipinski definition) is 1. The molecule has 0 spiro atoms. The average molecular weight is 294 g/mol. The van der Waals surface area contributed by atoms with Gasteiger partial charge in [0.1, 0.15) is 5.75 Å². The van der Waals surface area contributed by atoms with Crippen LogP contribution in [0.4, 0.5) is 0 Å². The molecule has 0 heterocycles. The Hall–Kier alpha value is -1.25. The van der Waals surface area contributed by atoms with Gasteiger partial charge in [-0.15, -0.1) is 0 Å². The molecule has 3 heteroatoms. The van der Waals surface area contributed by atoms with Gasteiger partial charge in [-0.25, -0.2) is 0 Å². The normalized spacial score (nSPS) is 12.1. The number of rotatable bonds is 8. The summed E-state index contributed by atoms with van der Waals surface area (Å²) in [6, 6.07) is 5.70. The molecule has 1 rings (SSSR count). The van der Waals surface area contributed by atoms with E-state index in [-0.39, 0.29) is 0 Å². The molecule has 2 nitrogen and oxygen atoms in total. The Balaban J connectivity index is 2.46. The zero-order valence-corrected chi connectivity index (χ0v) is 13.3. The lowest BCUT2D eigenvalue weighted by atomic mass is 10.1. The largest absolute Gasteiger partial charge is 0.496 e. The van der Waals surface area contributed by atoms with E-state index in [1.165, 1.54) is 5.57 Å². The van der Waals surface area contributed by atoms with E-state index in [1.807, 2.05) is 25.1 Å². The minimum atomic E-state index is 0.741. The molecular formula is C17H24ClNO. The van der Waals surface area contributed by atoms with E-state index in [2.05, 4.69) is 30.5 Å². The molecular weight excluding hydrogens is 270 g/mol. The summed E-state index contributed by atoms with van der Waals surface area (Å²) < 4.78 is 5.33. The molecule has 0 aliphatic rings. The van der Waals surface area contributed by atoms with Gasteiger partial charge in [-0.3, -0.25) is 0 Å². The fourth-order valence-electron chi connectivity index (χ4n) is 1.97. The van der Waals surface area contributed by atoms with E-state index < -0.39 is 0 Å². The van der Waals surface area contributed by atoms with E-state index in [4.69, 9.17) is 16.3 Å². The first-order valence-corrected chi connectivity index (χ1v) is 7.42. The van der Waals surface area contributed by atoms with Crippen LogP contribution >= 0.6 is 11.6 Å². The minimum absolute atomic E-state index is 0.741. The molecule has 1 aromatic carbocycles. The van der Waals surface area contributed by atoms with Crippen molar-refractivity contribution < 1.29 is 4.74 Å². The Labute approximate surface area is 127 Å².